The zero-order chi connectivity index (χ0) is 22.1. The Hall–Kier alpha value is -3.43. The lowest BCUT2D eigenvalue weighted by Gasteiger charge is -2.22. The van der Waals surface area contributed by atoms with Gasteiger partial charge in [-0.15, -0.1) is 0 Å². The van der Waals surface area contributed by atoms with E-state index in [0.717, 1.165) is 5.56 Å². The molecule has 31 heavy (non-hydrogen) atoms. The summed E-state index contributed by atoms with van der Waals surface area (Å²) in [6, 6.07) is 20.4. The smallest absolute Gasteiger partial charge is 0.241 e. The Labute approximate surface area is 180 Å². The third kappa shape index (κ3) is 6.80. The molecule has 2 aromatic carbocycles. The van der Waals surface area contributed by atoms with E-state index in [2.05, 4.69) is 10.0 Å². The number of rotatable bonds is 10. The minimum Gasteiger partial charge on any atom is -0.467 e. The number of hydrogen-bond acceptors (Lipinski definition) is 5. The first kappa shape index (κ1) is 22.3. The minimum atomic E-state index is -3.84. The molecule has 3 aromatic rings. The molecule has 162 valence electrons. The quantitative estimate of drug-likeness (QED) is 0.500. The second-order valence-electron chi connectivity index (χ2n) is 6.73. The lowest BCUT2D eigenvalue weighted by Crippen LogP contribution is -2.44. The van der Waals surface area contributed by atoms with Crippen LogP contribution in [0.3, 0.4) is 0 Å². The number of nitrogens with one attached hydrogen (secondary N) is 2. The van der Waals surface area contributed by atoms with Crippen molar-refractivity contribution in [3.8, 4) is 0 Å². The van der Waals surface area contributed by atoms with E-state index in [1.54, 1.807) is 30.3 Å². The largest absolute Gasteiger partial charge is 0.467 e. The van der Waals surface area contributed by atoms with E-state index in [1.165, 1.54) is 23.3 Å². The maximum absolute atomic E-state index is 12.8. The molecular weight excluding hydrogens is 418 g/mol. The molecule has 0 aliphatic heterocycles. The maximum Gasteiger partial charge on any atom is 0.241 e. The van der Waals surface area contributed by atoms with Crippen molar-refractivity contribution in [2.24, 2.45) is 0 Å². The van der Waals surface area contributed by atoms with Gasteiger partial charge in [-0.2, -0.15) is 0 Å². The Kier molecular flexibility index (Phi) is 7.58. The highest BCUT2D eigenvalue weighted by atomic mass is 32.2. The van der Waals surface area contributed by atoms with Crippen LogP contribution in [-0.4, -0.2) is 38.2 Å². The van der Waals surface area contributed by atoms with Crippen LogP contribution in [0.4, 0.5) is 0 Å². The maximum atomic E-state index is 12.8. The fourth-order valence-electron chi connectivity index (χ4n) is 2.82. The number of furan rings is 1. The number of carbonyl (C=O) groups is 2. The van der Waals surface area contributed by atoms with Crippen LogP contribution >= 0.6 is 0 Å². The van der Waals surface area contributed by atoms with Crippen LogP contribution in [0.2, 0.25) is 0 Å². The molecule has 2 N–H and O–H groups in total. The van der Waals surface area contributed by atoms with Crippen molar-refractivity contribution in [3.05, 3.63) is 90.4 Å². The van der Waals surface area contributed by atoms with Gasteiger partial charge in [-0.3, -0.25) is 9.59 Å². The molecule has 0 radical (unpaired) electrons. The highest BCUT2D eigenvalue weighted by Gasteiger charge is 2.21. The normalized spacial score (nSPS) is 11.1. The molecule has 0 unspecified atom stereocenters. The molecule has 0 saturated heterocycles. The van der Waals surface area contributed by atoms with Crippen molar-refractivity contribution in [3.63, 3.8) is 0 Å². The fraction of sp³-hybridized carbons (Fsp3) is 0.182. The molecule has 0 fully saturated rings. The van der Waals surface area contributed by atoms with Crippen LogP contribution in [-0.2, 0) is 32.7 Å². The van der Waals surface area contributed by atoms with Crippen LogP contribution in [0.15, 0.2) is 88.4 Å². The summed E-state index contributed by atoms with van der Waals surface area (Å²) in [5, 5.41) is 2.69. The summed E-state index contributed by atoms with van der Waals surface area (Å²) in [6.07, 6.45) is 1.51. The van der Waals surface area contributed by atoms with Crippen LogP contribution in [0.1, 0.15) is 11.3 Å². The lowest BCUT2D eigenvalue weighted by molar-refractivity contribution is -0.135. The highest BCUT2D eigenvalue weighted by molar-refractivity contribution is 7.89. The zero-order valence-corrected chi connectivity index (χ0v) is 17.5. The SMILES string of the molecule is O=C(CN(Cc1ccccc1)C(=O)CNS(=O)(=O)c1ccccc1)NCc1ccco1. The monoisotopic (exact) mass is 441 g/mol. The van der Waals surface area contributed by atoms with E-state index in [0.29, 0.717) is 5.76 Å². The molecule has 2 amide bonds. The standard InChI is InChI=1S/C22H23N3O5S/c26-21(23-14-19-10-7-13-30-19)17-25(16-18-8-3-1-4-9-18)22(27)15-24-31(28,29)20-11-5-2-6-12-20/h1-13,24H,14-17H2,(H,23,26). The van der Waals surface area contributed by atoms with Gasteiger partial charge in [-0.05, 0) is 29.8 Å². The van der Waals surface area contributed by atoms with Gasteiger partial charge in [0.05, 0.1) is 30.8 Å². The van der Waals surface area contributed by atoms with Gasteiger partial charge < -0.3 is 14.6 Å². The van der Waals surface area contributed by atoms with E-state index in [1.807, 2.05) is 30.3 Å². The van der Waals surface area contributed by atoms with Gasteiger partial charge >= 0.3 is 0 Å². The topological polar surface area (TPSA) is 109 Å². The molecule has 8 nitrogen and oxygen atoms in total. The lowest BCUT2D eigenvalue weighted by atomic mass is 10.2. The van der Waals surface area contributed by atoms with Crippen LogP contribution in [0.5, 0.6) is 0 Å². The third-order valence-corrected chi connectivity index (χ3v) is 5.83. The minimum absolute atomic E-state index is 0.0635. The van der Waals surface area contributed by atoms with Crippen molar-refractivity contribution in [1.29, 1.82) is 0 Å². The predicted molar refractivity (Wildman–Crippen MR) is 114 cm³/mol. The summed E-state index contributed by atoms with van der Waals surface area (Å²) in [4.78, 5) is 26.5. The summed E-state index contributed by atoms with van der Waals surface area (Å²) in [6.45, 7) is -0.322. The average molecular weight is 442 g/mol. The van der Waals surface area contributed by atoms with Crippen molar-refractivity contribution in [2.75, 3.05) is 13.1 Å². The number of amides is 2. The van der Waals surface area contributed by atoms with Gasteiger partial charge in [0.15, 0.2) is 0 Å². The Balaban J connectivity index is 1.64. The van der Waals surface area contributed by atoms with E-state index < -0.39 is 22.5 Å². The molecule has 0 aliphatic rings. The summed E-state index contributed by atoms with van der Waals surface area (Å²) in [5.74, 6) is -0.312. The number of sulfonamides is 1. The Bertz CT molecular complexity index is 1080. The van der Waals surface area contributed by atoms with Gasteiger partial charge in [0.25, 0.3) is 0 Å². The highest BCUT2D eigenvalue weighted by Crippen LogP contribution is 2.08. The third-order valence-electron chi connectivity index (χ3n) is 4.41. The molecule has 0 aliphatic carbocycles. The van der Waals surface area contributed by atoms with Gasteiger partial charge in [-0.25, -0.2) is 13.1 Å². The summed E-state index contributed by atoms with van der Waals surface area (Å²) >= 11 is 0. The first-order valence-electron chi connectivity index (χ1n) is 9.59. The van der Waals surface area contributed by atoms with Gasteiger partial charge in [0.1, 0.15) is 5.76 Å². The van der Waals surface area contributed by atoms with Crippen molar-refractivity contribution in [1.82, 2.24) is 14.9 Å². The molecule has 0 spiro atoms. The molecule has 3 rings (SSSR count). The van der Waals surface area contributed by atoms with E-state index >= 15 is 0 Å². The van der Waals surface area contributed by atoms with Crippen LogP contribution in [0.25, 0.3) is 0 Å². The molecule has 0 bridgehead atoms. The van der Waals surface area contributed by atoms with Gasteiger partial charge in [-0.1, -0.05) is 48.5 Å². The Morgan fingerprint density at radius 2 is 1.58 bits per heavy atom. The van der Waals surface area contributed by atoms with E-state index in [4.69, 9.17) is 4.42 Å². The van der Waals surface area contributed by atoms with Crippen LogP contribution in [0, 0.1) is 0 Å². The number of benzene rings is 2. The fourth-order valence-corrected chi connectivity index (χ4v) is 3.81. The van der Waals surface area contributed by atoms with Crippen molar-refractivity contribution < 1.29 is 22.4 Å². The molecular formula is C22H23N3O5S. The second kappa shape index (κ2) is 10.6. The molecule has 9 heteroatoms. The van der Waals surface area contributed by atoms with Gasteiger partial charge in [0, 0.05) is 6.54 Å². The van der Waals surface area contributed by atoms with Crippen molar-refractivity contribution >= 4 is 21.8 Å². The molecule has 1 heterocycles. The average Bonchev–Trinajstić information content (AvgIpc) is 3.31. The van der Waals surface area contributed by atoms with E-state index in [-0.39, 0.29) is 30.4 Å². The first-order chi connectivity index (χ1) is 14.9. The summed E-state index contributed by atoms with van der Waals surface area (Å²) in [7, 11) is -3.84. The Morgan fingerprint density at radius 3 is 2.23 bits per heavy atom. The predicted octanol–water partition coefficient (Wildman–Crippen LogP) is 1.90. The first-order valence-corrected chi connectivity index (χ1v) is 11.1. The number of nitrogens with zero attached hydrogens (tertiary/aromatic N) is 1. The number of carbonyl (C=O) groups excluding carboxylic acids is 2. The second-order valence-corrected chi connectivity index (χ2v) is 8.50. The summed E-state index contributed by atoms with van der Waals surface area (Å²) in [5.41, 5.74) is 0.820. The van der Waals surface area contributed by atoms with Crippen LogP contribution < -0.4 is 10.0 Å². The number of hydrogen-bond donors (Lipinski definition) is 2. The molecule has 1 aromatic heterocycles. The van der Waals surface area contributed by atoms with Crippen molar-refractivity contribution in [2.45, 2.75) is 18.0 Å². The zero-order valence-electron chi connectivity index (χ0n) is 16.7. The van der Waals surface area contributed by atoms with Gasteiger partial charge in [0.2, 0.25) is 21.8 Å². The summed E-state index contributed by atoms with van der Waals surface area (Å²) < 4.78 is 32.3. The van der Waals surface area contributed by atoms with E-state index in [9.17, 15) is 18.0 Å². The Morgan fingerprint density at radius 1 is 0.903 bits per heavy atom. The molecule has 0 saturated carbocycles. The molecule has 0 atom stereocenters.